The van der Waals surface area contributed by atoms with Crippen LogP contribution in [0.1, 0.15) is 29.3 Å². The number of methoxy groups -OCH3 is 2. The van der Waals surface area contributed by atoms with Crippen molar-refractivity contribution in [2.24, 2.45) is 5.92 Å². The fourth-order valence-corrected chi connectivity index (χ4v) is 3.83. The van der Waals surface area contributed by atoms with Crippen LogP contribution in [0.15, 0.2) is 54.6 Å². The van der Waals surface area contributed by atoms with E-state index in [4.69, 9.17) is 9.47 Å². The second-order valence-corrected chi connectivity index (χ2v) is 8.26. The van der Waals surface area contributed by atoms with Gasteiger partial charge in [-0.05, 0) is 42.7 Å². The quantitative estimate of drug-likeness (QED) is 0.504. The van der Waals surface area contributed by atoms with Crippen LogP contribution in [0.5, 0.6) is 0 Å². The normalized spacial score (nSPS) is 11.3. The number of nitrogens with zero attached hydrogens (tertiary/aromatic N) is 1. The molecule has 0 N–H and O–H groups in total. The molecule has 0 aliphatic rings. The van der Waals surface area contributed by atoms with Crippen molar-refractivity contribution in [1.82, 2.24) is 0 Å². The van der Waals surface area contributed by atoms with Crippen LogP contribution in [0, 0.1) is 5.92 Å². The maximum absolute atomic E-state index is 13.4. The van der Waals surface area contributed by atoms with Gasteiger partial charge in [-0.3, -0.25) is 14.4 Å². The van der Waals surface area contributed by atoms with Gasteiger partial charge in [0, 0.05) is 24.3 Å². The van der Waals surface area contributed by atoms with Gasteiger partial charge in [-0.2, -0.15) is 0 Å². The average Bonchev–Trinajstić information content (AvgIpc) is 2.82. The summed E-state index contributed by atoms with van der Waals surface area (Å²) < 4.78 is 9.48. The SMILES string of the molecule is COC(=O)CN(C(=O)[C@H](CCc1ccc(C(=O)OC)cc1)CSC(C)=O)c1ccccc1. The van der Waals surface area contributed by atoms with Crippen LogP contribution in [-0.4, -0.2) is 49.5 Å². The third-order valence-electron chi connectivity index (χ3n) is 4.84. The molecule has 2 rings (SSSR count). The Kier molecular flexibility index (Phi) is 9.94. The van der Waals surface area contributed by atoms with Crippen molar-refractivity contribution in [2.45, 2.75) is 19.8 Å². The molecule has 0 unspecified atom stereocenters. The molecule has 0 saturated heterocycles. The molecule has 0 fully saturated rings. The van der Waals surface area contributed by atoms with Gasteiger partial charge in [0.25, 0.3) is 0 Å². The van der Waals surface area contributed by atoms with E-state index in [1.807, 2.05) is 18.2 Å². The number of carbonyl (C=O) groups excluding carboxylic acids is 4. The van der Waals surface area contributed by atoms with Gasteiger partial charge in [-0.15, -0.1) is 0 Å². The molecule has 2 aromatic rings. The first kappa shape index (κ1) is 25.1. The van der Waals surface area contributed by atoms with Crippen molar-refractivity contribution in [3.8, 4) is 0 Å². The molecule has 0 aliphatic heterocycles. The predicted octanol–water partition coefficient (Wildman–Crippen LogP) is 3.51. The summed E-state index contributed by atoms with van der Waals surface area (Å²) in [5.41, 5.74) is 1.98. The summed E-state index contributed by atoms with van der Waals surface area (Å²) in [5.74, 6) is -1.38. The lowest BCUT2D eigenvalue weighted by Crippen LogP contribution is -2.41. The fourth-order valence-electron chi connectivity index (χ4n) is 3.08. The lowest BCUT2D eigenvalue weighted by molar-refractivity contribution is -0.140. The lowest BCUT2D eigenvalue weighted by Gasteiger charge is -2.26. The van der Waals surface area contributed by atoms with E-state index >= 15 is 0 Å². The molecule has 7 nitrogen and oxygen atoms in total. The Hall–Kier alpha value is -3.13. The third kappa shape index (κ3) is 7.53. The maximum Gasteiger partial charge on any atom is 0.337 e. The molecule has 8 heteroatoms. The number of aryl methyl sites for hydroxylation is 1. The molecule has 0 radical (unpaired) electrons. The Morgan fingerprint density at radius 1 is 0.938 bits per heavy atom. The van der Waals surface area contributed by atoms with Gasteiger partial charge >= 0.3 is 11.9 Å². The van der Waals surface area contributed by atoms with E-state index in [0.717, 1.165) is 17.3 Å². The number of amides is 1. The minimum Gasteiger partial charge on any atom is -0.468 e. The fraction of sp³-hybridized carbons (Fsp3) is 0.333. The van der Waals surface area contributed by atoms with Gasteiger partial charge in [0.05, 0.1) is 19.8 Å². The standard InChI is InChI=1S/C24H27NO6S/c1-17(26)32-16-20(14-11-18-9-12-19(13-10-18)24(29)31-3)23(28)25(15-22(27)30-2)21-7-5-4-6-8-21/h4-10,12-13,20H,11,14-16H2,1-3H3/t20-/m1/s1. The summed E-state index contributed by atoms with van der Waals surface area (Å²) in [6, 6.07) is 15.9. The van der Waals surface area contributed by atoms with Gasteiger partial charge in [0.1, 0.15) is 6.54 Å². The molecular weight excluding hydrogens is 430 g/mol. The summed E-state index contributed by atoms with van der Waals surface area (Å²) >= 11 is 1.09. The van der Waals surface area contributed by atoms with Crippen molar-refractivity contribution in [3.05, 3.63) is 65.7 Å². The zero-order valence-corrected chi connectivity index (χ0v) is 19.2. The van der Waals surface area contributed by atoms with Crippen molar-refractivity contribution in [3.63, 3.8) is 0 Å². The molecule has 0 aromatic heterocycles. The zero-order chi connectivity index (χ0) is 23.5. The molecule has 0 bridgehead atoms. The van der Waals surface area contributed by atoms with Gasteiger partial charge in [-0.25, -0.2) is 4.79 Å². The van der Waals surface area contributed by atoms with E-state index in [1.54, 1.807) is 36.4 Å². The largest absolute Gasteiger partial charge is 0.468 e. The van der Waals surface area contributed by atoms with E-state index in [9.17, 15) is 19.2 Å². The number of hydrogen-bond donors (Lipinski definition) is 0. The van der Waals surface area contributed by atoms with E-state index in [1.165, 1.54) is 26.0 Å². The number of rotatable bonds is 10. The highest BCUT2D eigenvalue weighted by Crippen LogP contribution is 2.23. The molecule has 32 heavy (non-hydrogen) atoms. The van der Waals surface area contributed by atoms with Crippen molar-refractivity contribution in [1.29, 1.82) is 0 Å². The second-order valence-electron chi connectivity index (χ2n) is 7.06. The summed E-state index contributed by atoms with van der Waals surface area (Å²) in [7, 11) is 2.60. The van der Waals surface area contributed by atoms with E-state index < -0.39 is 17.9 Å². The highest BCUT2D eigenvalue weighted by Gasteiger charge is 2.28. The van der Waals surface area contributed by atoms with Crippen LogP contribution in [0.4, 0.5) is 5.69 Å². The van der Waals surface area contributed by atoms with Gasteiger partial charge in [0.15, 0.2) is 5.12 Å². The Labute approximate surface area is 192 Å². The number of thioether (sulfide) groups is 1. The Bertz CT molecular complexity index is 929. The number of benzene rings is 2. The average molecular weight is 458 g/mol. The number of esters is 2. The van der Waals surface area contributed by atoms with Crippen molar-refractivity contribution < 1.29 is 28.7 Å². The lowest BCUT2D eigenvalue weighted by atomic mass is 9.98. The first-order valence-corrected chi connectivity index (χ1v) is 11.1. The first-order chi connectivity index (χ1) is 15.3. The van der Waals surface area contributed by atoms with Crippen LogP contribution in [0.25, 0.3) is 0 Å². The monoisotopic (exact) mass is 457 g/mol. The number of hydrogen-bond acceptors (Lipinski definition) is 7. The van der Waals surface area contributed by atoms with Gasteiger partial charge < -0.3 is 14.4 Å². The Morgan fingerprint density at radius 2 is 1.59 bits per heavy atom. The highest BCUT2D eigenvalue weighted by molar-refractivity contribution is 8.13. The Morgan fingerprint density at radius 3 is 2.16 bits per heavy atom. The first-order valence-electron chi connectivity index (χ1n) is 10.1. The van der Waals surface area contributed by atoms with E-state index in [-0.39, 0.29) is 17.6 Å². The summed E-state index contributed by atoms with van der Waals surface area (Å²) in [4.78, 5) is 50.0. The van der Waals surface area contributed by atoms with Crippen LogP contribution in [-0.2, 0) is 30.3 Å². The van der Waals surface area contributed by atoms with E-state index in [2.05, 4.69) is 0 Å². The molecule has 170 valence electrons. The third-order valence-corrected chi connectivity index (χ3v) is 5.82. The van der Waals surface area contributed by atoms with Crippen LogP contribution >= 0.6 is 11.8 Å². The minimum atomic E-state index is -0.529. The summed E-state index contributed by atoms with van der Waals surface area (Å²) in [5, 5.41) is -0.0792. The second kappa shape index (κ2) is 12.7. The van der Waals surface area contributed by atoms with Crippen LogP contribution < -0.4 is 4.90 Å². The number of para-hydroxylation sites is 1. The Balaban J connectivity index is 2.20. The molecule has 0 heterocycles. The zero-order valence-electron chi connectivity index (χ0n) is 18.4. The smallest absolute Gasteiger partial charge is 0.337 e. The van der Waals surface area contributed by atoms with Crippen molar-refractivity contribution >= 4 is 40.4 Å². The molecule has 1 amide bonds. The van der Waals surface area contributed by atoms with E-state index in [0.29, 0.717) is 29.8 Å². The minimum absolute atomic E-state index is 0.0792. The molecular formula is C24H27NO6S. The number of anilines is 1. The number of ether oxygens (including phenoxy) is 2. The summed E-state index contributed by atoms with van der Waals surface area (Å²) in [6.07, 6.45) is 1.04. The van der Waals surface area contributed by atoms with Crippen LogP contribution in [0.2, 0.25) is 0 Å². The molecule has 0 saturated carbocycles. The number of carbonyl (C=O) groups is 4. The van der Waals surface area contributed by atoms with Gasteiger partial charge in [-0.1, -0.05) is 42.1 Å². The highest BCUT2D eigenvalue weighted by atomic mass is 32.2. The maximum atomic E-state index is 13.4. The molecule has 0 aliphatic carbocycles. The topological polar surface area (TPSA) is 90.0 Å². The molecule has 0 spiro atoms. The van der Waals surface area contributed by atoms with Crippen LogP contribution in [0.3, 0.4) is 0 Å². The summed E-state index contributed by atoms with van der Waals surface area (Å²) in [6.45, 7) is 1.25. The predicted molar refractivity (Wildman–Crippen MR) is 124 cm³/mol. The van der Waals surface area contributed by atoms with Gasteiger partial charge in [0.2, 0.25) is 5.91 Å². The van der Waals surface area contributed by atoms with Crippen molar-refractivity contribution in [2.75, 3.05) is 31.4 Å². The molecule has 2 aromatic carbocycles. The molecule has 1 atom stereocenters.